The molecule has 104 valence electrons. The zero-order valence-electron chi connectivity index (χ0n) is 9.79. The fourth-order valence-electron chi connectivity index (χ4n) is 1.44. The van der Waals surface area contributed by atoms with Crippen LogP contribution in [-0.4, -0.2) is 4.99 Å². The van der Waals surface area contributed by atoms with Crippen LogP contribution < -0.4 is 10.5 Å². The third-order valence-electron chi connectivity index (χ3n) is 2.41. The molecule has 0 amide bonds. The van der Waals surface area contributed by atoms with E-state index in [0.717, 1.165) is 10.0 Å². The Hall–Kier alpha value is -0.330. The van der Waals surface area contributed by atoms with Crippen LogP contribution in [0, 0.1) is 0 Å². The van der Waals surface area contributed by atoms with Crippen molar-refractivity contribution in [2.45, 2.75) is 0 Å². The summed E-state index contributed by atoms with van der Waals surface area (Å²) in [5.41, 5.74) is 6.32. The minimum absolute atomic E-state index is 0.321. The monoisotopic (exact) mass is 453 g/mol. The summed E-state index contributed by atoms with van der Waals surface area (Å²) in [7, 11) is 0. The molecule has 0 fully saturated rings. The van der Waals surface area contributed by atoms with Crippen molar-refractivity contribution in [2.24, 2.45) is 5.73 Å². The Bertz CT molecular complexity index is 694. The van der Waals surface area contributed by atoms with Crippen molar-refractivity contribution in [3.63, 3.8) is 0 Å². The van der Waals surface area contributed by atoms with Gasteiger partial charge in [-0.05, 0) is 56.1 Å². The third-order valence-corrected chi connectivity index (χ3v) is 4.76. The number of benzene rings is 2. The molecule has 7 heteroatoms. The first kappa shape index (κ1) is 16.0. The number of hydrogen-bond donors (Lipinski definition) is 1. The van der Waals surface area contributed by atoms with E-state index < -0.39 is 0 Å². The van der Waals surface area contributed by atoms with Gasteiger partial charge in [-0.3, -0.25) is 0 Å². The number of ether oxygens (including phenoxy) is 1. The van der Waals surface area contributed by atoms with Crippen LogP contribution in [0.2, 0.25) is 10.0 Å². The molecular formula is C13H7Br2Cl2NOS. The van der Waals surface area contributed by atoms with Crippen LogP contribution >= 0.6 is 67.3 Å². The largest absolute Gasteiger partial charge is 0.455 e. The van der Waals surface area contributed by atoms with Gasteiger partial charge in [-0.1, -0.05) is 35.4 Å². The highest BCUT2D eigenvalue weighted by Gasteiger charge is 2.10. The van der Waals surface area contributed by atoms with Gasteiger partial charge in [-0.25, -0.2) is 0 Å². The minimum Gasteiger partial charge on any atom is -0.455 e. The van der Waals surface area contributed by atoms with Crippen molar-refractivity contribution in [1.29, 1.82) is 0 Å². The van der Waals surface area contributed by atoms with Crippen LogP contribution in [0.1, 0.15) is 5.56 Å². The zero-order chi connectivity index (χ0) is 14.9. The fourth-order valence-corrected chi connectivity index (χ4v) is 2.86. The standard InChI is InChI=1S/C13H7Br2Cl2NOS/c14-7-4-10(17)12(5-9(7)16)19-11-2-1-6(13(18)20)3-8(11)15/h1-5H,(H2,18,20). The normalized spacial score (nSPS) is 10.4. The van der Waals surface area contributed by atoms with Gasteiger partial charge in [0.15, 0.2) is 0 Å². The lowest BCUT2D eigenvalue weighted by Crippen LogP contribution is -2.09. The lowest BCUT2D eigenvalue weighted by Gasteiger charge is -2.11. The van der Waals surface area contributed by atoms with E-state index in [9.17, 15) is 0 Å². The average molecular weight is 456 g/mol. The summed E-state index contributed by atoms with van der Waals surface area (Å²) in [6.45, 7) is 0. The van der Waals surface area contributed by atoms with Crippen LogP contribution in [0.5, 0.6) is 11.5 Å². The molecule has 0 heterocycles. The number of nitrogens with two attached hydrogens (primary N) is 1. The second kappa shape index (κ2) is 6.62. The van der Waals surface area contributed by atoms with Crippen LogP contribution in [0.25, 0.3) is 0 Å². The topological polar surface area (TPSA) is 35.2 Å². The van der Waals surface area contributed by atoms with Crippen LogP contribution in [0.15, 0.2) is 39.3 Å². The first-order valence-electron chi connectivity index (χ1n) is 5.30. The predicted molar refractivity (Wildman–Crippen MR) is 94.3 cm³/mol. The Kier molecular flexibility index (Phi) is 5.31. The SMILES string of the molecule is NC(=S)c1ccc(Oc2cc(Cl)c(Br)cc2Cl)c(Br)c1. The van der Waals surface area contributed by atoms with Gasteiger partial charge in [0.2, 0.25) is 0 Å². The smallest absolute Gasteiger partial charge is 0.147 e. The van der Waals surface area contributed by atoms with Gasteiger partial charge in [0, 0.05) is 16.1 Å². The van der Waals surface area contributed by atoms with E-state index >= 15 is 0 Å². The molecule has 0 bridgehead atoms. The quantitative estimate of drug-likeness (QED) is 0.459. The third kappa shape index (κ3) is 3.65. The van der Waals surface area contributed by atoms with Crippen LogP contribution in [-0.2, 0) is 0 Å². The molecule has 2 rings (SSSR count). The van der Waals surface area contributed by atoms with Gasteiger partial charge in [-0.2, -0.15) is 0 Å². The summed E-state index contributed by atoms with van der Waals surface area (Å²) in [5.74, 6) is 1.05. The molecule has 0 saturated heterocycles. The Labute approximate surface area is 148 Å². The molecule has 0 aliphatic rings. The Morgan fingerprint density at radius 2 is 1.70 bits per heavy atom. The van der Waals surface area contributed by atoms with Crippen molar-refractivity contribution in [2.75, 3.05) is 0 Å². The lowest BCUT2D eigenvalue weighted by molar-refractivity contribution is 0.480. The van der Waals surface area contributed by atoms with Gasteiger partial charge >= 0.3 is 0 Å². The second-order valence-corrected chi connectivity index (χ2v) is 6.77. The lowest BCUT2D eigenvalue weighted by atomic mass is 10.2. The molecule has 0 aliphatic carbocycles. The molecule has 2 N–H and O–H groups in total. The molecule has 0 aromatic heterocycles. The maximum Gasteiger partial charge on any atom is 0.147 e. The van der Waals surface area contributed by atoms with Crippen LogP contribution in [0.3, 0.4) is 0 Å². The molecular weight excluding hydrogens is 449 g/mol. The van der Waals surface area contributed by atoms with Crippen molar-refractivity contribution < 1.29 is 4.74 Å². The average Bonchev–Trinajstić information content (AvgIpc) is 2.37. The summed E-state index contributed by atoms with van der Waals surface area (Å²) >= 11 is 23.8. The molecule has 2 aromatic rings. The predicted octanol–water partition coefficient (Wildman–Crippen LogP) is 5.94. The molecule has 20 heavy (non-hydrogen) atoms. The van der Waals surface area contributed by atoms with Crippen molar-refractivity contribution in [3.05, 3.63) is 54.9 Å². The maximum absolute atomic E-state index is 6.12. The van der Waals surface area contributed by atoms with E-state index in [1.807, 2.05) is 0 Å². The molecule has 0 aliphatic heterocycles. The summed E-state index contributed by atoms with van der Waals surface area (Å²) in [5, 5.41) is 0.965. The molecule has 0 saturated carbocycles. The van der Waals surface area contributed by atoms with E-state index in [1.54, 1.807) is 30.3 Å². The van der Waals surface area contributed by atoms with Gasteiger partial charge in [0.25, 0.3) is 0 Å². The first-order chi connectivity index (χ1) is 9.38. The molecule has 0 atom stereocenters. The van der Waals surface area contributed by atoms with E-state index in [4.69, 9.17) is 45.9 Å². The Morgan fingerprint density at radius 1 is 1.00 bits per heavy atom. The number of halogens is 4. The van der Waals surface area contributed by atoms with Gasteiger partial charge in [0.1, 0.15) is 16.5 Å². The van der Waals surface area contributed by atoms with E-state index in [2.05, 4.69) is 31.9 Å². The minimum atomic E-state index is 0.321. The van der Waals surface area contributed by atoms with Crippen LogP contribution in [0.4, 0.5) is 0 Å². The zero-order valence-corrected chi connectivity index (χ0v) is 15.3. The molecule has 0 spiro atoms. The highest BCUT2D eigenvalue weighted by Crippen LogP contribution is 2.38. The summed E-state index contributed by atoms with van der Waals surface area (Å²) < 4.78 is 7.17. The van der Waals surface area contributed by atoms with Crippen molar-refractivity contribution in [1.82, 2.24) is 0 Å². The van der Waals surface area contributed by atoms with Gasteiger partial charge in [-0.15, -0.1) is 0 Å². The Morgan fingerprint density at radius 3 is 2.30 bits per heavy atom. The number of thiocarbonyl (C=S) groups is 1. The fraction of sp³-hybridized carbons (Fsp3) is 0. The van der Waals surface area contributed by atoms with Crippen molar-refractivity contribution in [3.8, 4) is 11.5 Å². The summed E-state index contributed by atoms with van der Waals surface area (Å²) in [6.07, 6.45) is 0. The highest BCUT2D eigenvalue weighted by molar-refractivity contribution is 9.10. The van der Waals surface area contributed by atoms with E-state index in [1.165, 1.54) is 0 Å². The second-order valence-electron chi connectivity index (χ2n) is 3.81. The molecule has 0 unspecified atom stereocenters. The number of rotatable bonds is 3. The number of hydrogen-bond acceptors (Lipinski definition) is 2. The first-order valence-corrected chi connectivity index (χ1v) is 8.05. The van der Waals surface area contributed by atoms with Gasteiger partial charge < -0.3 is 10.5 Å². The molecule has 2 nitrogen and oxygen atoms in total. The summed E-state index contributed by atoms with van der Waals surface area (Å²) in [6, 6.07) is 8.63. The maximum atomic E-state index is 6.12. The van der Waals surface area contributed by atoms with E-state index in [-0.39, 0.29) is 0 Å². The molecule has 0 radical (unpaired) electrons. The van der Waals surface area contributed by atoms with Gasteiger partial charge in [0.05, 0.1) is 14.5 Å². The van der Waals surface area contributed by atoms with Crippen molar-refractivity contribution >= 4 is 72.3 Å². The Balaban J connectivity index is 2.35. The van der Waals surface area contributed by atoms with E-state index in [0.29, 0.717) is 31.0 Å². The molecule has 2 aromatic carbocycles. The summed E-state index contributed by atoms with van der Waals surface area (Å²) in [4.78, 5) is 0.321. The highest BCUT2D eigenvalue weighted by atomic mass is 79.9.